The summed E-state index contributed by atoms with van der Waals surface area (Å²) in [6, 6.07) is 0. The molecule has 20 heavy (non-hydrogen) atoms. The largest absolute Gasteiger partial charge is 0.385 e. The van der Waals surface area contributed by atoms with Crippen molar-refractivity contribution in [1.82, 2.24) is 24.9 Å². The van der Waals surface area contributed by atoms with E-state index in [1.807, 2.05) is 6.92 Å². The Morgan fingerprint density at radius 2 is 2.35 bits per heavy atom. The summed E-state index contributed by atoms with van der Waals surface area (Å²) in [6.45, 7) is 3.13. The van der Waals surface area contributed by atoms with Crippen molar-refractivity contribution in [2.45, 2.75) is 37.2 Å². The van der Waals surface area contributed by atoms with E-state index < -0.39 is 0 Å². The van der Waals surface area contributed by atoms with Gasteiger partial charge in [0.05, 0.1) is 5.75 Å². The lowest BCUT2D eigenvalue weighted by atomic mass is 10.4. The number of aromatic amines is 1. The molecule has 0 spiro atoms. The van der Waals surface area contributed by atoms with Crippen molar-refractivity contribution in [3.05, 3.63) is 22.2 Å². The van der Waals surface area contributed by atoms with Crippen LogP contribution >= 0.6 is 11.8 Å². The van der Waals surface area contributed by atoms with Crippen LogP contribution < -0.4 is 5.69 Å². The molecule has 0 bridgehead atoms. The first-order chi connectivity index (χ1) is 9.74. The van der Waals surface area contributed by atoms with Gasteiger partial charge in [0.1, 0.15) is 0 Å². The minimum absolute atomic E-state index is 0.219. The highest BCUT2D eigenvalue weighted by Gasteiger charge is 2.11. The predicted molar refractivity (Wildman–Crippen MR) is 72.6 cm³/mol. The first-order valence-electron chi connectivity index (χ1n) is 6.33. The average Bonchev–Trinajstić information content (AvgIpc) is 3.05. The van der Waals surface area contributed by atoms with Gasteiger partial charge in [-0.25, -0.2) is 9.89 Å². The summed E-state index contributed by atoms with van der Waals surface area (Å²) in [7, 11) is 1.63. The van der Waals surface area contributed by atoms with Gasteiger partial charge in [-0.05, 0) is 6.42 Å². The highest BCUT2D eigenvalue weighted by Crippen LogP contribution is 2.18. The first-order valence-corrected chi connectivity index (χ1v) is 7.31. The number of hydrogen-bond acceptors (Lipinski definition) is 7. The Labute approximate surface area is 119 Å². The molecule has 0 amide bonds. The lowest BCUT2D eigenvalue weighted by Crippen LogP contribution is -2.18. The molecule has 0 radical (unpaired) electrons. The lowest BCUT2D eigenvalue weighted by molar-refractivity contribution is 0.189. The van der Waals surface area contributed by atoms with E-state index in [4.69, 9.17) is 9.26 Å². The molecule has 110 valence electrons. The molecule has 0 fully saturated rings. The van der Waals surface area contributed by atoms with Crippen molar-refractivity contribution in [2.75, 3.05) is 13.7 Å². The minimum Gasteiger partial charge on any atom is -0.385 e. The standard InChI is InChI=1S/C11H17N5O3S/c1-3-8-12-9(19-15-8)7-20-11-14-13-10(17)16(11)5-4-6-18-2/h3-7H2,1-2H3,(H,13,17). The van der Waals surface area contributed by atoms with E-state index in [9.17, 15) is 4.79 Å². The highest BCUT2D eigenvalue weighted by molar-refractivity contribution is 7.98. The number of H-pyrrole nitrogens is 1. The van der Waals surface area contributed by atoms with Gasteiger partial charge in [0, 0.05) is 26.7 Å². The normalized spacial score (nSPS) is 11.1. The van der Waals surface area contributed by atoms with E-state index in [1.165, 1.54) is 11.8 Å². The molecular weight excluding hydrogens is 282 g/mol. The molecule has 9 heteroatoms. The van der Waals surface area contributed by atoms with Crippen LogP contribution in [0.5, 0.6) is 0 Å². The van der Waals surface area contributed by atoms with Crippen molar-refractivity contribution < 1.29 is 9.26 Å². The van der Waals surface area contributed by atoms with Crippen LogP contribution in [-0.2, 0) is 23.5 Å². The zero-order valence-corrected chi connectivity index (χ0v) is 12.3. The van der Waals surface area contributed by atoms with Crippen molar-refractivity contribution in [2.24, 2.45) is 0 Å². The number of hydrogen-bond donors (Lipinski definition) is 1. The molecule has 0 atom stereocenters. The number of ether oxygens (including phenoxy) is 1. The monoisotopic (exact) mass is 299 g/mol. The number of thioether (sulfide) groups is 1. The summed E-state index contributed by atoms with van der Waals surface area (Å²) in [5.41, 5.74) is -0.219. The molecule has 0 aliphatic rings. The van der Waals surface area contributed by atoms with Gasteiger partial charge in [0.25, 0.3) is 0 Å². The molecule has 0 saturated carbocycles. The van der Waals surface area contributed by atoms with Crippen molar-refractivity contribution in [3.63, 3.8) is 0 Å². The highest BCUT2D eigenvalue weighted by atomic mass is 32.2. The van der Waals surface area contributed by atoms with E-state index in [0.29, 0.717) is 35.8 Å². The topological polar surface area (TPSA) is 98.8 Å². The Balaban J connectivity index is 1.96. The third-order valence-corrected chi connectivity index (χ3v) is 3.57. The molecule has 2 rings (SSSR count). The van der Waals surface area contributed by atoms with Gasteiger partial charge in [0.15, 0.2) is 11.0 Å². The third kappa shape index (κ3) is 3.70. The Hall–Kier alpha value is -1.61. The van der Waals surface area contributed by atoms with Crippen molar-refractivity contribution in [1.29, 1.82) is 0 Å². The molecule has 1 N–H and O–H groups in total. The molecule has 2 aromatic rings. The Morgan fingerprint density at radius 3 is 3.05 bits per heavy atom. The smallest absolute Gasteiger partial charge is 0.343 e. The Morgan fingerprint density at radius 1 is 1.50 bits per heavy atom. The fourth-order valence-corrected chi connectivity index (χ4v) is 2.41. The molecular formula is C11H17N5O3S. The number of aryl methyl sites for hydroxylation is 1. The van der Waals surface area contributed by atoms with Crippen LogP contribution in [0.15, 0.2) is 14.5 Å². The second-order valence-corrected chi connectivity index (χ2v) is 5.00. The molecule has 2 aromatic heterocycles. The van der Waals surface area contributed by atoms with E-state index >= 15 is 0 Å². The summed E-state index contributed by atoms with van der Waals surface area (Å²) in [5, 5.41) is 10.9. The summed E-state index contributed by atoms with van der Waals surface area (Å²) in [4.78, 5) is 15.8. The molecule has 0 aliphatic carbocycles. The second-order valence-electron chi connectivity index (χ2n) is 4.06. The van der Waals surface area contributed by atoms with E-state index in [-0.39, 0.29) is 5.69 Å². The zero-order chi connectivity index (χ0) is 14.4. The van der Waals surface area contributed by atoms with Gasteiger partial charge in [-0.1, -0.05) is 23.8 Å². The summed E-state index contributed by atoms with van der Waals surface area (Å²) in [5.74, 6) is 1.70. The average molecular weight is 299 g/mol. The minimum atomic E-state index is -0.219. The molecule has 0 aromatic carbocycles. The predicted octanol–water partition coefficient (Wildman–Crippen LogP) is 0.846. The van der Waals surface area contributed by atoms with E-state index in [0.717, 1.165) is 12.8 Å². The SMILES string of the molecule is CCc1noc(CSc2n[nH]c(=O)n2CCCOC)n1. The van der Waals surface area contributed by atoms with Gasteiger partial charge in [-0.15, -0.1) is 5.10 Å². The van der Waals surface area contributed by atoms with Crippen LogP contribution in [-0.4, -0.2) is 38.6 Å². The van der Waals surface area contributed by atoms with Crippen LogP contribution in [0.4, 0.5) is 0 Å². The summed E-state index contributed by atoms with van der Waals surface area (Å²) >= 11 is 1.39. The Kier molecular flexibility index (Phi) is 5.36. The molecule has 0 saturated heterocycles. The van der Waals surface area contributed by atoms with Crippen LogP contribution in [0.25, 0.3) is 0 Å². The van der Waals surface area contributed by atoms with Crippen molar-refractivity contribution >= 4 is 11.8 Å². The third-order valence-electron chi connectivity index (χ3n) is 2.60. The van der Waals surface area contributed by atoms with Gasteiger partial charge >= 0.3 is 5.69 Å². The second kappa shape index (κ2) is 7.25. The first kappa shape index (κ1) is 14.8. The number of rotatable bonds is 8. The molecule has 2 heterocycles. The summed E-state index contributed by atoms with van der Waals surface area (Å²) in [6.07, 6.45) is 1.49. The van der Waals surface area contributed by atoms with E-state index in [1.54, 1.807) is 11.7 Å². The molecule has 0 unspecified atom stereocenters. The Bertz CT molecular complexity index is 591. The number of nitrogens with zero attached hydrogens (tertiary/aromatic N) is 4. The van der Waals surface area contributed by atoms with Crippen LogP contribution in [0.3, 0.4) is 0 Å². The van der Waals surface area contributed by atoms with Crippen LogP contribution in [0.2, 0.25) is 0 Å². The molecule has 0 aliphatic heterocycles. The number of aromatic nitrogens is 5. The lowest BCUT2D eigenvalue weighted by Gasteiger charge is -2.03. The fourth-order valence-electron chi connectivity index (χ4n) is 1.60. The van der Waals surface area contributed by atoms with Gasteiger partial charge in [-0.2, -0.15) is 4.98 Å². The number of methoxy groups -OCH3 is 1. The van der Waals surface area contributed by atoms with E-state index in [2.05, 4.69) is 20.3 Å². The summed E-state index contributed by atoms with van der Waals surface area (Å²) < 4.78 is 11.7. The fraction of sp³-hybridized carbons (Fsp3) is 0.636. The number of nitrogens with one attached hydrogen (secondary N) is 1. The maximum Gasteiger partial charge on any atom is 0.343 e. The quantitative estimate of drug-likeness (QED) is 0.569. The van der Waals surface area contributed by atoms with Crippen molar-refractivity contribution in [3.8, 4) is 0 Å². The van der Waals surface area contributed by atoms with Gasteiger partial charge in [0.2, 0.25) is 5.89 Å². The molecule has 8 nitrogen and oxygen atoms in total. The zero-order valence-electron chi connectivity index (χ0n) is 11.5. The van der Waals surface area contributed by atoms with Gasteiger partial charge in [-0.3, -0.25) is 4.57 Å². The van der Waals surface area contributed by atoms with Crippen LogP contribution in [0.1, 0.15) is 25.1 Å². The maximum absolute atomic E-state index is 11.6. The van der Waals surface area contributed by atoms with Gasteiger partial charge < -0.3 is 9.26 Å². The maximum atomic E-state index is 11.6. The van der Waals surface area contributed by atoms with Crippen LogP contribution in [0, 0.1) is 0 Å².